The van der Waals surface area contributed by atoms with E-state index in [1.807, 2.05) is 0 Å². The number of carbonyl (C=O) groups excluding carboxylic acids is 1. The van der Waals surface area contributed by atoms with Crippen LogP contribution in [0.25, 0.3) is 0 Å². The average molecular weight is 300 g/mol. The number of carbonyl (C=O) groups is 1. The van der Waals surface area contributed by atoms with Crippen molar-refractivity contribution in [1.29, 1.82) is 0 Å². The highest BCUT2D eigenvalue weighted by Gasteiger charge is 2.64. The smallest absolute Gasteiger partial charge is 0.120 e. The predicted octanol–water partition coefficient (Wildman–Crippen LogP) is 5.54. The monoisotopic (exact) mass is 300 g/mol. The summed E-state index contributed by atoms with van der Waals surface area (Å²) in [5.74, 6) is 2.36. The minimum absolute atomic E-state index is 0.317. The Balaban J connectivity index is 1.78. The quantitative estimate of drug-likeness (QED) is 0.483. The number of allylic oxidation sites excluding steroid dienone is 1. The van der Waals surface area contributed by atoms with Crippen molar-refractivity contribution in [3.05, 3.63) is 12.2 Å². The van der Waals surface area contributed by atoms with E-state index in [1.165, 1.54) is 69.6 Å². The zero-order valence-corrected chi connectivity index (χ0v) is 14.5. The highest BCUT2D eigenvalue weighted by atomic mass is 16.1. The molecule has 22 heavy (non-hydrogen) atoms. The van der Waals surface area contributed by atoms with Crippen LogP contribution in [0, 0.1) is 34.0 Å². The largest absolute Gasteiger partial charge is 0.303 e. The van der Waals surface area contributed by atoms with Gasteiger partial charge in [-0.2, -0.15) is 0 Å². The molecule has 4 aliphatic rings. The van der Waals surface area contributed by atoms with Crippen LogP contribution in [-0.4, -0.2) is 6.29 Å². The Morgan fingerprint density at radius 2 is 1.95 bits per heavy atom. The van der Waals surface area contributed by atoms with Gasteiger partial charge in [0.2, 0.25) is 0 Å². The van der Waals surface area contributed by atoms with Crippen molar-refractivity contribution in [2.45, 2.75) is 78.1 Å². The Morgan fingerprint density at radius 3 is 2.73 bits per heavy atom. The molecule has 4 saturated carbocycles. The van der Waals surface area contributed by atoms with Gasteiger partial charge < -0.3 is 4.79 Å². The van der Waals surface area contributed by atoms with E-state index in [0.29, 0.717) is 16.2 Å². The zero-order valence-electron chi connectivity index (χ0n) is 14.5. The molecule has 122 valence electrons. The summed E-state index contributed by atoms with van der Waals surface area (Å²) >= 11 is 0. The second-order valence-electron chi connectivity index (χ2n) is 9.77. The summed E-state index contributed by atoms with van der Waals surface area (Å²) in [6.45, 7) is 9.37. The molecule has 0 aromatic rings. The third kappa shape index (κ3) is 1.80. The number of hydrogen-bond acceptors (Lipinski definition) is 1. The molecular weight excluding hydrogens is 268 g/mol. The minimum atomic E-state index is 0.317. The second-order valence-corrected chi connectivity index (χ2v) is 9.77. The normalized spacial score (nSPS) is 49.4. The molecule has 0 amide bonds. The molecule has 0 radical (unpaired) electrons. The van der Waals surface area contributed by atoms with Gasteiger partial charge in [-0.3, -0.25) is 0 Å². The van der Waals surface area contributed by atoms with Gasteiger partial charge in [-0.05, 0) is 85.4 Å². The maximum absolute atomic E-state index is 11.7. The fourth-order valence-electron chi connectivity index (χ4n) is 7.88. The van der Waals surface area contributed by atoms with E-state index in [0.717, 1.165) is 24.2 Å². The lowest BCUT2D eigenvalue weighted by Crippen LogP contribution is -2.57. The third-order valence-corrected chi connectivity index (χ3v) is 8.54. The second kappa shape index (κ2) is 4.71. The van der Waals surface area contributed by atoms with Crippen LogP contribution in [0.2, 0.25) is 0 Å². The molecular formula is C21H32O. The summed E-state index contributed by atoms with van der Waals surface area (Å²) < 4.78 is 0. The fraction of sp³-hybridized carbons (Fsp3) is 0.857. The molecule has 2 bridgehead atoms. The fourth-order valence-corrected chi connectivity index (χ4v) is 7.88. The number of hydrogen-bond donors (Lipinski definition) is 0. The van der Waals surface area contributed by atoms with Gasteiger partial charge >= 0.3 is 0 Å². The van der Waals surface area contributed by atoms with Gasteiger partial charge in [-0.25, -0.2) is 0 Å². The first-order chi connectivity index (χ1) is 10.4. The van der Waals surface area contributed by atoms with Crippen molar-refractivity contribution in [1.82, 2.24) is 0 Å². The van der Waals surface area contributed by atoms with Crippen LogP contribution in [0.4, 0.5) is 0 Å². The van der Waals surface area contributed by atoms with E-state index >= 15 is 0 Å². The van der Waals surface area contributed by atoms with Crippen LogP contribution in [-0.2, 0) is 4.79 Å². The first kappa shape index (κ1) is 15.0. The lowest BCUT2D eigenvalue weighted by atomic mass is 9.40. The first-order valence-corrected chi connectivity index (χ1v) is 9.55. The van der Waals surface area contributed by atoms with Crippen molar-refractivity contribution >= 4 is 6.29 Å². The standard InChI is InChI=1S/C21H32O/c1-15-13-20-10-7-17-19(2,3)8-4-9-21(17,11-12-22)18(20)6-5-16(15)14-20/h12,16-18H,1,4-11,13-14H2,2-3H3/t16-,17-,18+,20+,21-/m0/s1. The molecule has 0 N–H and O–H groups in total. The average Bonchev–Trinajstić information content (AvgIpc) is 2.68. The minimum Gasteiger partial charge on any atom is -0.303 e. The molecule has 0 saturated heterocycles. The molecule has 0 heterocycles. The Kier molecular flexibility index (Phi) is 3.20. The lowest BCUT2D eigenvalue weighted by Gasteiger charge is -2.64. The zero-order chi connectivity index (χ0) is 15.6. The topological polar surface area (TPSA) is 17.1 Å². The lowest BCUT2D eigenvalue weighted by molar-refractivity contribution is -0.160. The highest BCUT2D eigenvalue weighted by molar-refractivity contribution is 5.51. The van der Waals surface area contributed by atoms with E-state index in [9.17, 15) is 4.79 Å². The molecule has 4 aliphatic carbocycles. The van der Waals surface area contributed by atoms with Crippen molar-refractivity contribution in [3.63, 3.8) is 0 Å². The predicted molar refractivity (Wildman–Crippen MR) is 90.5 cm³/mol. The Labute approximate surface area is 135 Å². The van der Waals surface area contributed by atoms with Crippen molar-refractivity contribution in [2.24, 2.45) is 34.0 Å². The number of rotatable bonds is 2. The van der Waals surface area contributed by atoms with E-state index in [1.54, 1.807) is 0 Å². The highest BCUT2D eigenvalue weighted by Crippen LogP contribution is 2.72. The summed E-state index contributed by atoms with van der Waals surface area (Å²) in [4.78, 5) is 11.7. The molecule has 1 spiro atoms. The third-order valence-electron chi connectivity index (χ3n) is 8.54. The van der Waals surface area contributed by atoms with Gasteiger partial charge in [0.1, 0.15) is 6.29 Å². The van der Waals surface area contributed by atoms with Crippen LogP contribution in [0.5, 0.6) is 0 Å². The molecule has 4 rings (SSSR count). The van der Waals surface area contributed by atoms with Crippen LogP contribution in [0.3, 0.4) is 0 Å². The van der Waals surface area contributed by atoms with Crippen LogP contribution < -0.4 is 0 Å². The number of fused-ring (bicyclic) bond motifs is 3. The maximum atomic E-state index is 11.7. The molecule has 0 unspecified atom stereocenters. The summed E-state index contributed by atoms with van der Waals surface area (Å²) in [6.07, 6.45) is 14.2. The first-order valence-electron chi connectivity index (χ1n) is 9.55. The summed E-state index contributed by atoms with van der Waals surface area (Å²) in [5, 5.41) is 0. The molecule has 0 aliphatic heterocycles. The summed E-state index contributed by atoms with van der Waals surface area (Å²) in [7, 11) is 0. The van der Waals surface area contributed by atoms with Gasteiger partial charge in [-0.1, -0.05) is 32.4 Å². The van der Waals surface area contributed by atoms with E-state index in [4.69, 9.17) is 0 Å². The van der Waals surface area contributed by atoms with Crippen LogP contribution >= 0.6 is 0 Å². The molecule has 1 heteroatoms. The Morgan fingerprint density at radius 1 is 1.14 bits per heavy atom. The van der Waals surface area contributed by atoms with E-state index in [-0.39, 0.29) is 0 Å². The van der Waals surface area contributed by atoms with Crippen molar-refractivity contribution in [3.8, 4) is 0 Å². The van der Waals surface area contributed by atoms with Gasteiger partial charge in [0.15, 0.2) is 0 Å². The van der Waals surface area contributed by atoms with Crippen molar-refractivity contribution < 1.29 is 4.79 Å². The molecule has 0 aromatic heterocycles. The van der Waals surface area contributed by atoms with E-state index in [2.05, 4.69) is 20.4 Å². The van der Waals surface area contributed by atoms with Gasteiger partial charge in [0.05, 0.1) is 0 Å². The Hall–Kier alpha value is -0.590. The molecule has 1 nitrogen and oxygen atoms in total. The van der Waals surface area contributed by atoms with Crippen LogP contribution in [0.15, 0.2) is 12.2 Å². The van der Waals surface area contributed by atoms with E-state index < -0.39 is 0 Å². The number of aldehydes is 1. The SMILES string of the molecule is C=C1C[C@@]23CC[C@H]4C(C)(C)CCC[C@@]4(CC=O)[C@@H]2CC[C@H]1C3. The van der Waals surface area contributed by atoms with Crippen LogP contribution in [0.1, 0.15) is 78.1 Å². The summed E-state index contributed by atoms with van der Waals surface area (Å²) in [5.41, 5.74) is 2.80. The Bertz CT molecular complexity index is 504. The molecule has 5 atom stereocenters. The van der Waals surface area contributed by atoms with Gasteiger partial charge in [0.25, 0.3) is 0 Å². The maximum Gasteiger partial charge on any atom is 0.120 e. The van der Waals surface area contributed by atoms with Gasteiger partial charge in [0, 0.05) is 6.42 Å². The van der Waals surface area contributed by atoms with Gasteiger partial charge in [-0.15, -0.1) is 0 Å². The van der Waals surface area contributed by atoms with Crippen molar-refractivity contribution in [2.75, 3.05) is 0 Å². The molecule has 4 fully saturated rings. The summed E-state index contributed by atoms with van der Waals surface area (Å²) in [6, 6.07) is 0. The molecule has 0 aromatic carbocycles.